The molecule has 0 radical (unpaired) electrons. The number of nitrogens with zero attached hydrogens (tertiary/aromatic N) is 2. The van der Waals surface area contributed by atoms with E-state index in [1.54, 1.807) is 6.92 Å². The molecular formula is C17H18F3N3OS. The molecule has 2 aromatic rings. The molecule has 2 atom stereocenters. The molecule has 2 aliphatic rings. The minimum atomic E-state index is -4.48. The van der Waals surface area contributed by atoms with Gasteiger partial charge in [-0.15, -0.1) is 11.3 Å². The lowest BCUT2D eigenvalue weighted by molar-refractivity contribution is -0.140. The van der Waals surface area contributed by atoms with Crippen molar-refractivity contribution in [3.8, 4) is 0 Å². The molecule has 4 nitrogen and oxygen atoms in total. The first-order chi connectivity index (χ1) is 11.9. The summed E-state index contributed by atoms with van der Waals surface area (Å²) in [6.45, 7) is 3.47. The number of rotatable bonds is 1. The number of halogens is 3. The van der Waals surface area contributed by atoms with Crippen molar-refractivity contribution in [2.45, 2.75) is 44.4 Å². The van der Waals surface area contributed by atoms with Crippen LogP contribution < -0.4 is 5.32 Å². The number of hydrogen-bond acceptors (Lipinski definition) is 4. The Morgan fingerprint density at radius 3 is 2.80 bits per heavy atom. The molecule has 25 heavy (non-hydrogen) atoms. The number of thiophene rings is 1. The van der Waals surface area contributed by atoms with Gasteiger partial charge in [-0.25, -0.2) is 4.98 Å². The topological polar surface area (TPSA) is 45.2 Å². The first-order valence-corrected chi connectivity index (χ1v) is 9.18. The molecule has 2 fully saturated rings. The average molecular weight is 369 g/mol. The predicted molar refractivity (Wildman–Crippen MR) is 89.8 cm³/mol. The van der Waals surface area contributed by atoms with Gasteiger partial charge in [-0.3, -0.25) is 4.79 Å². The highest BCUT2D eigenvalue weighted by Crippen LogP contribution is 2.37. The molecule has 1 N–H and O–H groups in total. The molecule has 2 unspecified atom stereocenters. The molecule has 2 saturated heterocycles. The zero-order valence-corrected chi connectivity index (χ0v) is 14.5. The van der Waals surface area contributed by atoms with Gasteiger partial charge in [-0.2, -0.15) is 13.2 Å². The van der Waals surface area contributed by atoms with Gasteiger partial charge in [0.1, 0.15) is 10.5 Å². The van der Waals surface area contributed by atoms with Crippen LogP contribution in [0.1, 0.15) is 40.2 Å². The van der Waals surface area contributed by atoms with E-state index in [0.29, 0.717) is 10.3 Å². The smallest absolute Gasteiger partial charge is 0.331 e. The van der Waals surface area contributed by atoms with Crippen LogP contribution in [0.15, 0.2) is 12.1 Å². The summed E-state index contributed by atoms with van der Waals surface area (Å²) in [6.07, 6.45) is -1.59. The highest BCUT2D eigenvalue weighted by Gasteiger charge is 2.39. The number of carbonyl (C=O) groups is 1. The molecule has 134 valence electrons. The van der Waals surface area contributed by atoms with E-state index in [-0.39, 0.29) is 22.8 Å². The van der Waals surface area contributed by atoms with Crippen molar-refractivity contribution in [3.05, 3.63) is 28.3 Å². The van der Waals surface area contributed by atoms with Crippen LogP contribution in [0.3, 0.4) is 0 Å². The average Bonchev–Trinajstić information content (AvgIpc) is 3.01. The monoisotopic (exact) mass is 369 g/mol. The molecule has 2 aromatic heterocycles. The summed E-state index contributed by atoms with van der Waals surface area (Å²) in [5.74, 6) is -0.0646. The number of amides is 1. The van der Waals surface area contributed by atoms with Crippen LogP contribution in [0, 0.1) is 6.92 Å². The maximum absolute atomic E-state index is 13.1. The molecule has 4 rings (SSSR count). The van der Waals surface area contributed by atoms with Crippen molar-refractivity contribution >= 4 is 27.5 Å². The summed E-state index contributed by atoms with van der Waals surface area (Å²) in [7, 11) is 0. The van der Waals surface area contributed by atoms with E-state index in [1.807, 2.05) is 4.90 Å². The maximum atomic E-state index is 13.1. The van der Waals surface area contributed by atoms with Gasteiger partial charge in [0.2, 0.25) is 0 Å². The maximum Gasteiger partial charge on any atom is 0.433 e. The number of alkyl halides is 3. The standard InChI is InChI=1S/C17H18F3N3OS/c1-9-12-4-5-13(17(18,19)20)22-15(12)25-14(9)16(24)23-10-2-3-11(23)8-21-7-6-10/h4-5,10-11,21H,2-3,6-8H2,1H3. The van der Waals surface area contributed by atoms with E-state index in [9.17, 15) is 18.0 Å². The van der Waals surface area contributed by atoms with Crippen molar-refractivity contribution in [1.82, 2.24) is 15.2 Å². The lowest BCUT2D eigenvalue weighted by Crippen LogP contribution is -2.42. The normalized spacial score (nSPS) is 23.9. The Morgan fingerprint density at radius 2 is 2.04 bits per heavy atom. The number of nitrogens with one attached hydrogen (secondary N) is 1. The number of pyridine rings is 1. The highest BCUT2D eigenvalue weighted by atomic mass is 32.1. The van der Waals surface area contributed by atoms with Crippen LogP contribution >= 0.6 is 11.3 Å². The Balaban J connectivity index is 1.73. The van der Waals surface area contributed by atoms with E-state index in [1.165, 1.54) is 6.07 Å². The second kappa shape index (κ2) is 5.95. The largest absolute Gasteiger partial charge is 0.433 e. The van der Waals surface area contributed by atoms with E-state index < -0.39 is 11.9 Å². The second-order valence-electron chi connectivity index (χ2n) is 6.69. The van der Waals surface area contributed by atoms with Crippen LogP contribution in [-0.2, 0) is 6.18 Å². The van der Waals surface area contributed by atoms with E-state index in [0.717, 1.165) is 55.3 Å². The van der Waals surface area contributed by atoms with Crippen LogP contribution in [0.2, 0.25) is 0 Å². The third kappa shape index (κ3) is 2.81. The van der Waals surface area contributed by atoms with Crippen molar-refractivity contribution in [2.24, 2.45) is 0 Å². The molecule has 2 bridgehead atoms. The summed E-state index contributed by atoms with van der Waals surface area (Å²) >= 11 is 1.07. The van der Waals surface area contributed by atoms with Gasteiger partial charge in [-0.05, 0) is 50.4 Å². The highest BCUT2D eigenvalue weighted by molar-refractivity contribution is 7.20. The summed E-state index contributed by atoms with van der Waals surface area (Å²) in [6, 6.07) is 2.79. The van der Waals surface area contributed by atoms with Gasteiger partial charge in [0.25, 0.3) is 5.91 Å². The molecule has 2 aliphatic heterocycles. The zero-order valence-electron chi connectivity index (χ0n) is 13.7. The fourth-order valence-corrected chi connectivity index (χ4v) is 5.02. The third-order valence-corrected chi connectivity index (χ3v) is 6.37. The van der Waals surface area contributed by atoms with Crippen LogP contribution in [0.5, 0.6) is 0 Å². The van der Waals surface area contributed by atoms with Gasteiger partial charge in [0.05, 0.1) is 4.88 Å². The summed E-state index contributed by atoms with van der Waals surface area (Å²) in [4.78, 5) is 19.6. The summed E-state index contributed by atoms with van der Waals surface area (Å²) in [5, 5.41) is 3.98. The zero-order chi connectivity index (χ0) is 17.8. The summed E-state index contributed by atoms with van der Waals surface area (Å²) in [5.41, 5.74) is -0.192. The Bertz CT molecular complexity index is 818. The molecule has 8 heteroatoms. The van der Waals surface area contributed by atoms with Crippen molar-refractivity contribution < 1.29 is 18.0 Å². The molecule has 1 amide bonds. The van der Waals surface area contributed by atoms with Crippen molar-refractivity contribution in [2.75, 3.05) is 13.1 Å². The lowest BCUT2D eigenvalue weighted by Gasteiger charge is -2.27. The van der Waals surface area contributed by atoms with Gasteiger partial charge < -0.3 is 10.2 Å². The molecule has 4 heterocycles. The van der Waals surface area contributed by atoms with E-state index >= 15 is 0 Å². The molecule has 0 spiro atoms. The Hall–Kier alpha value is -1.67. The minimum absolute atomic E-state index is 0.0646. The third-order valence-electron chi connectivity index (χ3n) is 5.18. The van der Waals surface area contributed by atoms with Gasteiger partial charge >= 0.3 is 6.18 Å². The molecular weight excluding hydrogens is 351 g/mol. The van der Waals surface area contributed by atoms with Gasteiger partial charge in [-0.1, -0.05) is 0 Å². The second-order valence-corrected chi connectivity index (χ2v) is 7.69. The van der Waals surface area contributed by atoms with Gasteiger partial charge in [0.15, 0.2) is 0 Å². The number of aromatic nitrogens is 1. The molecule has 0 aliphatic carbocycles. The van der Waals surface area contributed by atoms with E-state index in [4.69, 9.17) is 0 Å². The van der Waals surface area contributed by atoms with Crippen LogP contribution in [0.4, 0.5) is 13.2 Å². The molecule has 0 aromatic carbocycles. The lowest BCUT2D eigenvalue weighted by atomic mass is 10.1. The van der Waals surface area contributed by atoms with Gasteiger partial charge in [0, 0.05) is 24.0 Å². The predicted octanol–water partition coefficient (Wildman–Crippen LogP) is 3.59. The quantitative estimate of drug-likeness (QED) is 0.836. The van der Waals surface area contributed by atoms with Crippen LogP contribution in [-0.4, -0.2) is 41.0 Å². The van der Waals surface area contributed by atoms with E-state index in [2.05, 4.69) is 10.3 Å². The number of carbonyl (C=O) groups excluding carboxylic acids is 1. The van der Waals surface area contributed by atoms with Crippen LogP contribution in [0.25, 0.3) is 10.2 Å². The number of aryl methyl sites for hydroxylation is 1. The number of fused-ring (bicyclic) bond motifs is 3. The minimum Gasteiger partial charge on any atom is -0.331 e. The number of hydrogen-bond donors (Lipinski definition) is 1. The fraction of sp³-hybridized carbons (Fsp3) is 0.529. The molecule has 0 saturated carbocycles. The summed E-state index contributed by atoms with van der Waals surface area (Å²) < 4.78 is 38.7. The fourth-order valence-electron chi connectivity index (χ4n) is 3.89. The first-order valence-electron chi connectivity index (χ1n) is 8.37. The first kappa shape index (κ1) is 16.8. The SMILES string of the molecule is Cc1c(C(=O)N2C3CCNCC2CC3)sc2nc(C(F)(F)F)ccc12. The Morgan fingerprint density at radius 1 is 1.28 bits per heavy atom. The van der Waals surface area contributed by atoms with Crippen molar-refractivity contribution in [1.29, 1.82) is 0 Å². The Kier molecular flexibility index (Phi) is 3.99. The Labute approximate surface area is 147 Å². The van der Waals surface area contributed by atoms with Crippen molar-refractivity contribution in [3.63, 3.8) is 0 Å².